The fourth-order valence-corrected chi connectivity index (χ4v) is 4.92. The molecule has 0 radical (unpaired) electrons. The Balaban J connectivity index is 1.19. The van der Waals surface area contributed by atoms with E-state index in [1.165, 1.54) is 11.1 Å². The van der Waals surface area contributed by atoms with Crippen molar-refractivity contribution in [1.82, 2.24) is 25.1 Å². The van der Waals surface area contributed by atoms with Crippen molar-refractivity contribution in [2.24, 2.45) is 0 Å². The summed E-state index contributed by atoms with van der Waals surface area (Å²) in [6.45, 7) is 4.31. The predicted molar refractivity (Wildman–Crippen MR) is 148 cm³/mol. The fourth-order valence-electron chi connectivity index (χ4n) is 4.92. The molecule has 1 aliphatic heterocycles. The van der Waals surface area contributed by atoms with E-state index in [1.54, 1.807) is 6.20 Å². The highest BCUT2D eigenvalue weighted by Gasteiger charge is 2.18. The smallest absolute Gasteiger partial charge is 0.256 e. The van der Waals surface area contributed by atoms with Crippen molar-refractivity contribution in [1.29, 1.82) is 0 Å². The highest BCUT2D eigenvalue weighted by atomic mass is 16.5. The molecule has 1 fully saturated rings. The number of aromatic nitrogens is 4. The third-order valence-corrected chi connectivity index (χ3v) is 6.96. The molecular weight excluding hydrogens is 476 g/mol. The van der Waals surface area contributed by atoms with Gasteiger partial charge < -0.3 is 15.0 Å². The third-order valence-electron chi connectivity index (χ3n) is 6.96. The van der Waals surface area contributed by atoms with Crippen LogP contribution >= 0.6 is 0 Å². The van der Waals surface area contributed by atoms with Gasteiger partial charge in [-0.3, -0.25) is 14.8 Å². The number of amides is 1. The van der Waals surface area contributed by atoms with Crippen molar-refractivity contribution in [2.75, 3.05) is 31.6 Å². The molecule has 192 valence electrons. The Labute approximate surface area is 221 Å². The van der Waals surface area contributed by atoms with Crippen molar-refractivity contribution < 1.29 is 9.53 Å². The first-order valence-electron chi connectivity index (χ1n) is 13.0. The summed E-state index contributed by atoms with van der Waals surface area (Å²) in [6.07, 6.45) is 3.34. The Hall–Kier alpha value is -4.27. The highest BCUT2D eigenvalue weighted by molar-refractivity contribution is 6.06. The van der Waals surface area contributed by atoms with Crippen molar-refractivity contribution >= 4 is 22.6 Å². The lowest BCUT2D eigenvalue weighted by molar-refractivity contribution is 0.0342. The van der Waals surface area contributed by atoms with Crippen molar-refractivity contribution in [3.63, 3.8) is 0 Å². The standard InChI is InChI=1S/C30H30N6O2/c37-30(24-9-5-4-8-23(24)12-10-21-6-2-1-3-7-21)34-27-19-31-35-28(27)29-32-25-13-11-22(18-26(25)33-29)20-36-14-16-38-17-15-36/h1-9,11,13,18-19H,10,12,14-17,20H2,(H,31,35)(H,32,33)(H,34,37). The molecule has 0 spiro atoms. The molecule has 0 aliphatic carbocycles. The normalized spacial score (nSPS) is 14.1. The summed E-state index contributed by atoms with van der Waals surface area (Å²) >= 11 is 0. The molecule has 0 saturated carbocycles. The first kappa shape index (κ1) is 24.1. The van der Waals surface area contributed by atoms with Crippen molar-refractivity contribution in [2.45, 2.75) is 19.4 Å². The number of ether oxygens (including phenoxy) is 1. The second-order valence-electron chi connectivity index (χ2n) is 9.57. The van der Waals surface area contributed by atoms with E-state index in [9.17, 15) is 4.79 Å². The topological polar surface area (TPSA) is 98.9 Å². The second-order valence-corrected chi connectivity index (χ2v) is 9.57. The minimum absolute atomic E-state index is 0.166. The van der Waals surface area contributed by atoms with Crippen LogP contribution in [0.2, 0.25) is 0 Å². The lowest BCUT2D eigenvalue weighted by Crippen LogP contribution is -2.35. The number of carbonyl (C=O) groups is 1. The maximum Gasteiger partial charge on any atom is 0.256 e. The van der Waals surface area contributed by atoms with E-state index in [0.717, 1.165) is 62.3 Å². The van der Waals surface area contributed by atoms with Gasteiger partial charge in [-0.25, -0.2) is 4.98 Å². The van der Waals surface area contributed by atoms with Crippen molar-refractivity contribution in [3.05, 3.63) is 101 Å². The van der Waals surface area contributed by atoms with Crippen molar-refractivity contribution in [3.8, 4) is 11.5 Å². The van der Waals surface area contributed by atoms with E-state index in [2.05, 4.69) is 55.7 Å². The van der Waals surface area contributed by atoms with E-state index in [1.807, 2.05) is 42.5 Å². The van der Waals surface area contributed by atoms with Crippen LogP contribution in [0.1, 0.15) is 27.0 Å². The first-order chi connectivity index (χ1) is 18.7. The number of hydrogen-bond acceptors (Lipinski definition) is 5. The van der Waals surface area contributed by atoms with Crippen LogP contribution in [0.3, 0.4) is 0 Å². The van der Waals surface area contributed by atoms with E-state index < -0.39 is 0 Å². The molecule has 3 N–H and O–H groups in total. The van der Waals surface area contributed by atoms with Gasteiger partial charge in [-0.1, -0.05) is 54.6 Å². The summed E-state index contributed by atoms with van der Waals surface area (Å²) in [5.74, 6) is 0.442. The summed E-state index contributed by atoms with van der Waals surface area (Å²) in [7, 11) is 0. The zero-order valence-electron chi connectivity index (χ0n) is 21.1. The second kappa shape index (κ2) is 11.0. The number of nitrogens with one attached hydrogen (secondary N) is 3. The molecule has 6 rings (SSSR count). The molecule has 0 unspecified atom stereocenters. The largest absolute Gasteiger partial charge is 0.379 e. The Morgan fingerprint density at radius 1 is 0.947 bits per heavy atom. The van der Waals surface area contributed by atoms with Gasteiger partial charge in [0.05, 0.1) is 29.9 Å². The summed E-state index contributed by atoms with van der Waals surface area (Å²) in [6, 6.07) is 24.3. The van der Waals surface area contributed by atoms with Gasteiger partial charge in [0.25, 0.3) is 5.91 Å². The molecule has 0 bridgehead atoms. The summed E-state index contributed by atoms with van der Waals surface area (Å²) < 4.78 is 5.46. The van der Waals surface area contributed by atoms with Gasteiger partial charge >= 0.3 is 0 Å². The average molecular weight is 507 g/mol. The van der Waals surface area contributed by atoms with Gasteiger partial charge in [0.1, 0.15) is 0 Å². The number of imidazole rings is 1. The quantitative estimate of drug-likeness (QED) is 0.280. The molecule has 1 aliphatic rings. The van der Waals surface area contributed by atoms with E-state index in [4.69, 9.17) is 9.72 Å². The van der Waals surface area contributed by atoms with Crippen LogP contribution in [0, 0.1) is 0 Å². The monoisotopic (exact) mass is 506 g/mol. The van der Waals surface area contributed by atoms with Crippen LogP contribution in [0.4, 0.5) is 5.69 Å². The number of morpholine rings is 1. The average Bonchev–Trinajstić information content (AvgIpc) is 3.59. The highest BCUT2D eigenvalue weighted by Crippen LogP contribution is 2.27. The number of H-pyrrole nitrogens is 2. The zero-order valence-corrected chi connectivity index (χ0v) is 21.1. The number of rotatable bonds is 8. The number of hydrogen-bond donors (Lipinski definition) is 3. The number of carbonyl (C=O) groups excluding carboxylic acids is 1. The van der Waals surface area contributed by atoms with Gasteiger partial charge in [0, 0.05) is 31.4 Å². The molecule has 38 heavy (non-hydrogen) atoms. The van der Waals surface area contributed by atoms with Crippen LogP contribution < -0.4 is 5.32 Å². The maximum absolute atomic E-state index is 13.3. The SMILES string of the molecule is O=C(Nc1c[nH]nc1-c1nc2cc(CN3CCOCC3)ccc2[nH]1)c1ccccc1CCc1ccccc1. The maximum atomic E-state index is 13.3. The lowest BCUT2D eigenvalue weighted by Gasteiger charge is -2.26. The molecule has 3 aromatic carbocycles. The van der Waals surface area contributed by atoms with Crippen LogP contribution in [-0.4, -0.2) is 57.3 Å². The number of fused-ring (bicyclic) bond motifs is 1. The van der Waals surface area contributed by atoms with Crippen LogP contribution in [0.25, 0.3) is 22.6 Å². The van der Waals surface area contributed by atoms with Gasteiger partial charge in [-0.05, 0) is 47.7 Å². The van der Waals surface area contributed by atoms with Crippen LogP contribution in [0.5, 0.6) is 0 Å². The molecule has 8 nitrogen and oxygen atoms in total. The van der Waals surface area contributed by atoms with E-state index >= 15 is 0 Å². The Morgan fingerprint density at radius 2 is 1.76 bits per heavy atom. The molecular formula is C30H30N6O2. The molecule has 8 heteroatoms. The number of aromatic amines is 2. The minimum Gasteiger partial charge on any atom is -0.379 e. The van der Waals surface area contributed by atoms with E-state index in [-0.39, 0.29) is 5.91 Å². The zero-order chi connectivity index (χ0) is 25.7. The van der Waals surface area contributed by atoms with E-state index in [0.29, 0.717) is 22.8 Å². The fraction of sp³-hybridized carbons (Fsp3) is 0.233. The molecule has 5 aromatic rings. The van der Waals surface area contributed by atoms with Crippen LogP contribution in [0.15, 0.2) is 79.0 Å². The summed E-state index contributed by atoms with van der Waals surface area (Å²) in [5.41, 5.74) is 7.09. The first-order valence-corrected chi connectivity index (χ1v) is 13.0. The molecule has 1 amide bonds. The Kier molecular flexibility index (Phi) is 6.97. The number of nitrogens with zero attached hydrogens (tertiary/aromatic N) is 3. The lowest BCUT2D eigenvalue weighted by atomic mass is 9.99. The third kappa shape index (κ3) is 5.37. The summed E-state index contributed by atoms with van der Waals surface area (Å²) in [4.78, 5) is 23.9. The molecule has 1 saturated heterocycles. The summed E-state index contributed by atoms with van der Waals surface area (Å²) in [5, 5.41) is 10.3. The molecule has 0 atom stereocenters. The Bertz CT molecular complexity index is 1530. The van der Waals surface area contributed by atoms with Gasteiger partial charge in [0.2, 0.25) is 0 Å². The number of aryl methyl sites for hydroxylation is 2. The molecule has 2 aromatic heterocycles. The Morgan fingerprint density at radius 3 is 2.63 bits per heavy atom. The van der Waals surface area contributed by atoms with Gasteiger partial charge in [-0.2, -0.15) is 5.10 Å². The molecule has 3 heterocycles. The van der Waals surface area contributed by atoms with Gasteiger partial charge in [-0.15, -0.1) is 0 Å². The van der Waals surface area contributed by atoms with Crippen LogP contribution in [-0.2, 0) is 24.1 Å². The minimum atomic E-state index is -0.166. The van der Waals surface area contributed by atoms with Gasteiger partial charge in [0.15, 0.2) is 11.5 Å². The predicted octanol–water partition coefficient (Wildman–Crippen LogP) is 4.82. The number of benzene rings is 3. The number of anilines is 1.